The fourth-order valence-electron chi connectivity index (χ4n) is 7.18. The lowest BCUT2D eigenvalue weighted by Crippen LogP contribution is -2.51. The lowest BCUT2D eigenvalue weighted by molar-refractivity contribution is -0.190. The van der Waals surface area contributed by atoms with Crippen molar-refractivity contribution >= 4 is 28.8 Å². The van der Waals surface area contributed by atoms with E-state index in [2.05, 4.69) is 39.9 Å². The Bertz CT molecular complexity index is 1660. The summed E-state index contributed by atoms with van der Waals surface area (Å²) >= 11 is 0. The number of nitrogens with one attached hydrogen (secondary N) is 2. The second-order valence-electron chi connectivity index (χ2n) is 13.1. The van der Waals surface area contributed by atoms with Crippen molar-refractivity contribution in [3.05, 3.63) is 78.1 Å². The maximum Gasteiger partial charge on any atom is 0.471 e. The highest BCUT2D eigenvalue weighted by atomic mass is 19.4. The predicted octanol–water partition coefficient (Wildman–Crippen LogP) is 4.59. The number of amides is 1. The van der Waals surface area contributed by atoms with Crippen molar-refractivity contribution in [2.45, 2.75) is 93.9 Å². The van der Waals surface area contributed by atoms with E-state index >= 15 is 0 Å². The topological polar surface area (TPSA) is 154 Å². The molecular weight excluding hydrogens is 637 g/mol. The maximum absolute atomic E-state index is 13.5. The van der Waals surface area contributed by atoms with Gasteiger partial charge in [-0.1, -0.05) is 67.6 Å². The molecule has 4 aromatic rings. The lowest BCUT2D eigenvalue weighted by atomic mass is 9.91. The summed E-state index contributed by atoms with van der Waals surface area (Å²) in [6.07, 6.45) is -3.24. The molecule has 0 radical (unpaired) electrons. The van der Waals surface area contributed by atoms with E-state index in [4.69, 9.17) is 15.7 Å². The SMILES string of the molecule is CCCN(C(=O)C(F)(F)F)[C@H]1C[C@@H](n2cnc3c(NCC(c4ccccc4)c4ccccc4)nc(NC4CCC(N)CC4)nc32)[C@H](O)[C@@H]1O. The molecule has 49 heavy (non-hydrogen) atoms. The highest BCUT2D eigenvalue weighted by Gasteiger charge is 2.51. The molecule has 262 valence electrons. The third-order valence-electron chi connectivity index (χ3n) is 9.75. The Morgan fingerprint density at radius 1 is 1.00 bits per heavy atom. The maximum atomic E-state index is 13.5. The summed E-state index contributed by atoms with van der Waals surface area (Å²) in [5, 5.41) is 29.1. The van der Waals surface area contributed by atoms with Gasteiger partial charge >= 0.3 is 12.1 Å². The monoisotopic (exact) mass is 680 g/mol. The van der Waals surface area contributed by atoms with E-state index in [1.807, 2.05) is 36.4 Å². The van der Waals surface area contributed by atoms with E-state index in [0.29, 0.717) is 34.4 Å². The van der Waals surface area contributed by atoms with Crippen LogP contribution in [0.2, 0.25) is 0 Å². The molecule has 2 aromatic heterocycles. The van der Waals surface area contributed by atoms with Crippen LogP contribution in [-0.4, -0.2) is 90.1 Å². The van der Waals surface area contributed by atoms with Crippen LogP contribution in [0.15, 0.2) is 67.0 Å². The standard InChI is InChI=1S/C35H43F3N8O3/c1-2-17-45(33(49)35(36,37)38)26-18-27(30(48)29(26)47)46-20-41-28-31(43-34(44-32(28)46)42-24-15-13-23(39)14-16-24)40-19-25(21-9-5-3-6-10-21)22-11-7-4-8-12-22/h3-12,20,23-27,29-30,47-48H,2,13-19,39H2,1H3,(H2,40,42,43,44)/t23?,24?,26-,27+,29+,30-/m0/s1. The zero-order valence-corrected chi connectivity index (χ0v) is 27.3. The summed E-state index contributed by atoms with van der Waals surface area (Å²) in [7, 11) is 0. The van der Waals surface area contributed by atoms with Gasteiger partial charge in [0.25, 0.3) is 0 Å². The molecule has 0 unspecified atom stereocenters. The highest BCUT2D eigenvalue weighted by Crippen LogP contribution is 2.38. The van der Waals surface area contributed by atoms with Gasteiger partial charge < -0.3 is 36.0 Å². The summed E-state index contributed by atoms with van der Waals surface area (Å²) in [5.41, 5.74) is 9.08. The molecule has 2 fully saturated rings. The molecule has 2 saturated carbocycles. The number of alkyl halides is 3. The molecular formula is C35H43F3N8O3. The number of carbonyl (C=O) groups excluding carboxylic acids is 1. The number of hydrogen-bond donors (Lipinski definition) is 5. The van der Waals surface area contributed by atoms with Crippen LogP contribution in [-0.2, 0) is 4.79 Å². The van der Waals surface area contributed by atoms with Crippen LogP contribution < -0.4 is 16.4 Å². The molecule has 11 nitrogen and oxygen atoms in total. The van der Waals surface area contributed by atoms with Crippen molar-refractivity contribution in [3.8, 4) is 0 Å². The van der Waals surface area contributed by atoms with E-state index < -0.39 is 36.4 Å². The number of aliphatic hydroxyl groups excluding tert-OH is 2. The van der Waals surface area contributed by atoms with Gasteiger partial charge in [-0.25, -0.2) is 4.98 Å². The largest absolute Gasteiger partial charge is 0.471 e. The van der Waals surface area contributed by atoms with E-state index in [0.717, 1.165) is 36.8 Å². The van der Waals surface area contributed by atoms with Crippen LogP contribution in [0, 0.1) is 0 Å². The summed E-state index contributed by atoms with van der Waals surface area (Å²) in [6.45, 7) is 1.89. The Kier molecular flexibility index (Phi) is 10.4. The van der Waals surface area contributed by atoms with E-state index in [9.17, 15) is 28.2 Å². The summed E-state index contributed by atoms with van der Waals surface area (Å²) in [5.74, 6) is -1.30. The number of fused-ring (bicyclic) bond motifs is 1. The zero-order chi connectivity index (χ0) is 34.7. The number of anilines is 2. The van der Waals surface area contributed by atoms with Gasteiger partial charge in [0.1, 0.15) is 12.2 Å². The number of benzene rings is 2. The Morgan fingerprint density at radius 3 is 2.22 bits per heavy atom. The van der Waals surface area contributed by atoms with Crippen molar-refractivity contribution in [2.75, 3.05) is 23.7 Å². The molecule has 2 heterocycles. The van der Waals surface area contributed by atoms with Crippen LogP contribution in [0.3, 0.4) is 0 Å². The van der Waals surface area contributed by atoms with Gasteiger partial charge in [0.05, 0.1) is 18.4 Å². The van der Waals surface area contributed by atoms with E-state index in [1.54, 1.807) is 11.5 Å². The van der Waals surface area contributed by atoms with Crippen LogP contribution in [0.4, 0.5) is 24.9 Å². The van der Waals surface area contributed by atoms with Crippen LogP contribution in [0.1, 0.15) is 68.5 Å². The number of imidazole rings is 1. The first kappa shape index (κ1) is 34.6. The molecule has 2 aliphatic carbocycles. The third-order valence-corrected chi connectivity index (χ3v) is 9.75. The number of nitrogens with two attached hydrogens (primary N) is 1. The zero-order valence-electron chi connectivity index (χ0n) is 27.3. The number of aromatic nitrogens is 4. The number of carbonyl (C=O) groups is 1. The average Bonchev–Trinajstić information content (AvgIpc) is 3.65. The van der Waals surface area contributed by atoms with Crippen molar-refractivity contribution in [3.63, 3.8) is 0 Å². The summed E-state index contributed by atoms with van der Waals surface area (Å²) in [6, 6.07) is 18.2. The minimum atomic E-state index is -5.12. The smallest absolute Gasteiger partial charge is 0.388 e. The Morgan fingerprint density at radius 2 is 1.63 bits per heavy atom. The Labute approximate surface area is 282 Å². The van der Waals surface area contributed by atoms with Crippen molar-refractivity contribution in [2.24, 2.45) is 5.73 Å². The van der Waals surface area contributed by atoms with Gasteiger partial charge in [-0.3, -0.25) is 4.79 Å². The van der Waals surface area contributed by atoms with Crippen LogP contribution in [0.5, 0.6) is 0 Å². The third kappa shape index (κ3) is 7.51. The molecule has 6 rings (SSSR count). The second-order valence-corrected chi connectivity index (χ2v) is 13.1. The molecule has 6 N–H and O–H groups in total. The van der Waals surface area contributed by atoms with Gasteiger partial charge in [-0.2, -0.15) is 23.1 Å². The average molecular weight is 681 g/mol. The number of rotatable bonds is 11. The molecule has 4 atom stereocenters. The Hall–Kier alpha value is -4.27. The van der Waals surface area contributed by atoms with Crippen molar-refractivity contribution in [1.82, 2.24) is 24.4 Å². The molecule has 14 heteroatoms. The minimum Gasteiger partial charge on any atom is -0.388 e. The first-order valence-corrected chi connectivity index (χ1v) is 16.9. The van der Waals surface area contributed by atoms with Gasteiger partial charge in [0.2, 0.25) is 5.95 Å². The number of halogens is 3. The van der Waals surface area contributed by atoms with Crippen LogP contribution >= 0.6 is 0 Å². The van der Waals surface area contributed by atoms with E-state index in [-0.39, 0.29) is 37.4 Å². The molecule has 0 spiro atoms. The van der Waals surface area contributed by atoms with E-state index in [1.165, 1.54) is 6.33 Å². The quantitative estimate of drug-likeness (QED) is 0.153. The van der Waals surface area contributed by atoms with Crippen LogP contribution in [0.25, 0.3) is 11.2 Å². The fraction of sp³-hybridized carbons (Fsp3) is 0.486. The van der Waals surface area contributed by atoms with Crippen molar-refractivity contribution in [1.29, 1.82) is 0 Å². The lowest BCUT2D eigenvalue weighted by Gasteiger charge is -2.31. The highest BCUT2D eigenvalue weighted by molar-refractivity contribution is 5.85. The number of nitrogens with zero attached hydrogens (tertiary/aromatic N) is 5. The van der Waals surface area contributed by atoms with Gasteiger partial charge in [-0.05, 0) is 49.7 Å². The van der Waals surface area contributed by atoms with Gasteiger partial charge in [-0.15, -0.1) is 0 Å². The second kappa shape index (κ2) is 14.7. The van der Waals surface area contributed by atoms with Gasteiger partial charge in [0, 0.05) is 31.1 Å². The molecule has 1 amide bonds. The molecule has 2 aliphatic rings. The number of aliphatic hydroxyl groups is 2. The number of hydrogen-bond acceptors (Lipinski definition) is 9. The normalized spacial score (nSPS) is 24.3. The first-order valence-electron chi connectivity index (χ1n) is 16.9. The molecule has 2 aromatic carbocycles. The molecule has 0 bridgehead atoms. The fourth-order valence-corrected chi connectivity index (χ4v) is 7.18. The first-order chi connectivity index (χ1) is 23.5. The molecule has 0 saturated heterocycles. The summed E-state index contributed by atoms with van der Waals surface area (Å²) < 4.78 is 42.2. The van der Waals surface area contributed by atoms with Gasteiger partial charge in [0.15, 0.2) is 17.0 Å². The van der Waals surface area contributed by atoms with Crippen molar-refractivity contribution < 1.29 is 28.2 Å². The summed E-state index contributed by atoms with van der Waals surface area (Å²) in [4.78, 5) is 27.2. The molecule has 0 aliphatic heterocycles. The Balaban J connectivity index is 1.35. The predicted molar refractivity (Wildman–Crippen MR) is 180 cm³/mol. The minimum absolute atomic E-state index is 0.0333.